The van der Waals surface area contributed by atoms with Gasteiger partial charge in [-0.1, -0.05) is 12.1 Å². The molecule has 19 heavy (non-hydrogen) atoms. The normalized spacial score (nSPS) is 13.3. The van der Waals surface area contributed by atoms with Gasteiger partial charge in [0.2, 0.25) is 5.91 Å². The van der Waals surface area contributed by atoms with E-state index in [0.29, 0.717) is 13.0 Å². The van der Waals surface area contributed by atoms with Gasteiger partial charge in [-0.25, -0.2) is 4.39 Å². The number of nitrogens with two attached hydrogens (primary N) is 1. The summed E-state index contributed by atoms with van der Waals surface area (Å²) in [5, 5.41) is 0. The van der Waals surface area contributed by atoms with Gasteiger partial charge in [0.25, 0.3) is 0 Å². The van der Waals surface area contributed by atoms with Crippen LogP contribution in [-0.4, -0.2) is 23.4 Å². The van der Waals surface area contributed by atoms with Gasteiger partial charge in [-0.05, 0) is 38.5 Å². The van der Waals surface area contributed by atoms with E-state index in [-0.39, 0.29) is 36.2 Å². The van der Waals surface area contributed by atoms with Crippen LogP contribution >= 0.6 is 12.4 Å². The molecule has 2 atom stereocenters. The zero-order chi connectivity index (χ0) is 13.7. The summed E-state index contributed by atoms with van der Waals surface area (Å²) in [6.07, 6.45) is 0.333. The monoisotopic (exact) mass is 288 g/mol. The maximum absolute atomic E-state index is 12.9. The number of carbonyl (C=O) groups is 1. The molecule has 5 heteroatoms. The van der Waals surface area contributed by atoms with E-state index in [1.54, 1.807) is 17.0 Å². The maximum Gasteiger partial charge on any atom is 0.224 e. The number of halogens is 2. The lowest BCUT2D eigenvalue weighted by atomic mass is 10.1. The van der Waals surface area contributed by atoms with Gasteiger partial charge in [0, 0.05) is 19.0 Å². The first-order valence-electron chi connectivity index (χ1n) is 6.26. The van der Waals surface area contributed by atoms with E-state index >= 15 is 0 Å². The average Bonchev–Trinajstić information content (AvgIpc) is 2.29. The first kappa shape index (κ1) is 17.9. The van der Waals surface area contributed by atoms with E-state index in [2.05, 4.69) is 0 Å². The molecule has 0 saturated carbocycles. The average molecular weight is 289 g/mol. The summed E-state index contributed by atoms with van der Waals surface area (Å²) in [5.74, 6) is -0.236. The van der Waals surface area contributed by atoms with E-state index in [9.17, 15) is 9.18 Å². The molecule has 0 aliphatic carbocycles. The summed E-state index contributed by atoms with van der Waals surface area (Å²) in [6, 6.07) is 6.03. The highest BCUT2D eigenvalue weighted by Gasteiger charge is 2.20. The third-order valence-electron chi connectivity index (χ3n) is 2.98. The lowest BCUT2D eigenvalue weighted by Gasteiger charge is -2.29. The number of hydrogen-bond donors (Lipinski definition) is 1. The molecule has 108 valence electrons. The summed E-state index contributed by atoms with van der Waals surface area (Å²) >= 11 is 0. The molecule has 2 N–H and O–H groups in total. The molecule has 0 aliphatic heterocycles. The maximum atomic E-state index is 12.9. The molecule has 1 amide bonds. The van der Waals surface area contributed by atoms with Crippen molar-refractivity contribution in [1.82, 2.24) is 4.90 Å². The Bertz CT molecular complexity index is 395. The largest absolute Gasteiger partial charge is 0.336 e. The van der Waals surface area contributed by atoms with Gasteiger partial charge in [-0.15, -0.1) is 12.4 Å². The van der Waals surface area contributed by atoms with Crippen molar-refractivity contribution in [3.05, 3.63) is 35.6 Å². The van der Waals surface area contributed by atoms with Crippen molar-refractivity contribution in [2.75, 3.05) is 6.54 Å². The summed E-state index contributed by atoms with van der Waals surface area (Å²) in [4.78, 5) is 13.8. The van der Waals surface area contributed by atoms with Crippen molar-refractivity contribution in [2.24, 2.45) is 5.73 Å². The number of carbonyl (C=O) groups excluding carboxylic acids is 1. The zero-order valence-corrected chi connectivity index (χ0v) is 12.4. The molecule has 0 heterocycles. The van der Waals surface area contributed by atoms with Crippen LogP contribution in [0.4, 0.5) is 4.39 Å². The number of nitrogens with zero attached hydrogens (tertiary/aromatic N) is 1. The van der Waals surface area contributed by atoms with Crippen molar-refractivity contribution in [1.29, 1.82) is 0 Å². The van der Waals surface area contributed by atoms with Crippen LogP contribution in [0.2, 0.25) is 0 Å². The fourth-order valence-electron chi connectivity index (χ4n) is 1.98. The van der Waals surface area contributed by atoms with Crippen molar-refractivity contribution in [3.63, 3.8) is 0 Å². The molecule has 1 rings (SSSR count). The SMILES string of the molecule is CCN(C(=O)CC(C)N)C(C)c1ccc(F)cc1.Cl. The highest BCUT2D eigenvalue weighted by molar-refractivity contribution is 5.85. The molecule has 1 aromatic carbocycles. The van der Waals surface area contributed by atoms with Gasteiger partial charge >= 0.3 is 0 Å². The van der Waals surface area contributed by atoms with Crippen LogP contribution in [0.5, 0.6) is 0 Å². The number of rotatable bonds is 5. The summed E-state index contributed by atoms with van der Waals surface area (Å²) < 4.78 is 12.9. The van der Waals surface area contributed by atoms with Crippen molar-refractivity contribution >= 4 is 18.3 Å². The summed E-state index contributed by atoms with van der Waals surface area (Å²) in [7, 11) is 0. The Kier molecular flexibility index (Phi) is 7.64. The second-order valence-electron chi connectivity index (χ2n) is 4.59. The third-order valence-corrected chi connectivity index (χ3v) is 2.98. The third kappa shape index (κ3) is 5.17. The number of amides is 1. The van der Waals surface area contributed by atoms with Crippen LogP contribution in [0.15, 0.2) is 24.3 Å². The van der Waals surface area contributed by atoms with Gasteiger partial charge in [0.15, 0.2) is 0 Å². The minimum atomic E-state index is -0.268. The molecule has 0 aromatic heterocycles. The molecule has 0 fully saturated rings. The Morgan fingerprint density at radius 2 is 1.84 bits per heavy atom. The molecular formula is C14H22ClFN2O. The first-order valence-corrected chi connectivity index (χ1v) is 6.26. The first-order chi connectivity index (χ1) is 8.45. The Hall–Kier alpha value is -1.13. The van der Waals surface area contributed by atoms with Gasteiger partial charge in [0.05, 0.1) is 6.04 Å². The van der Waals surface area contributed by atoms with Crippen molar-refractivity contribution in [3.8, 4) is 0 Å². The standard InChI is InChI=1S/C14H21FN2O.ClH/c1-4-17(14(18)9-10(2)16)11(3)12-5-7-13(15)8-6-12;/h5-8,10-11H,4,9,16H2,1-3H3;1H. The molecule has 3 nitrogen and oxygen atoms in total. The molecule has 1 aromatic rings. The van der Waals surface area contributed by atoms with E-state index < -0.39 is 0 Å². The molecule has 0 saturated heterocycles. The van der Waals surface area contributed by atoms with Gasteiger partial charge < -0.3 is 10.6 Å². The lowest BCUT2D eigenvalue weighted by Crippen LogP contribution is -2.36. The highest BCUT2D eigenvalue weighted by atomic mass is 35.5. The Labute approximate surface area is 120 Å². The molecule has 0 radical (unpaired) electrons. The summed E-state index contributed by atoms with van der Waals surface area (Å²) in [5.41, 5.74) is 6.57. The minimum absolute atomic E-state index is 0. The van der Waals surface area contributed by atoms with Crippen LogP contribution in [0.1, 0.15) is 38.8 Å². The fourth-order valence-corrected chi connectivity index (χ4v) is 1.98. The van der Waals surface area contributed by atoms with Gasteiger partial charge in [-0.3, -0.25) is 4.79 Å². The smallest absolute Gasteiger partial charge is 0.224 e. The highest BCUT2D eigenvalue weighted by Crippen LogP contribution is 2.21. The molecule has 0 aliphatic rings. The zero-order valence-electron chi connectivity index (χ0n) is 11.6. The predicted octanol–water partition coefficient (Wildman–Crippen LogP) is 2.89. The molecule has 2 unspecified atom stereocenters. The number of hydrogen-bond acceptors (Lipinski definition) is 2. The second-order valence-corrected chi connectivity index (χ2v) is 4.59. The number of benzene rings is 1. The van der Waals surface area contributed by atoms with Crippen molar-refractivity contribution in [2.45, 2.75) is 39.3 Å². The van der Waals surface area contributed by atoms with Crippen LogP contribution in [0.25, 0.3) is 0 Å². The van der Waals surface area contributed by atoms with Gasteiger partial charge in [-0.2, -0.15) is 0 Å². The quantitative estimate of drug-likeness (QED) is 0.905. The Morgan fingerprint density at radius 3 is 2.26 bits per heavy atom. The summed E-state index contributed by atoms with van der Waals surface area (Å²) in [6.45, 7) is 6.30. The van der Waals surface area contributed by atoms with Crippen LogP contribution in [-0.2, 0) is 4.79 Å². The Morgan fingerprint density at radius 1 is 1.32 bits per heavy atom. The van der Waals surface area contributed by atoms with E-state index in [1.165, 1.54) is 12.1 Å². The predicted molar refractivity (Wildman–Crippen MR) is 77.7 cm³/mol. The Balaban J connectivity index is 0.00000324. The molecular weight excluding hydrogens is 267 g/mol. The lowest BCUT2D eigenvalue weighted by molar-refractivity contribution is -0.133. The molecule has 0 bridgehead atoms. The van der Waals surface area contributed by atoms with Crippen LogP contribution < -0.4 is 5.73 Å². The van der Waals surface area contributed by atoms with Crippen molar-refractivity contribution < 1.29 is 9.18 Å². The van der Waals surface area contributed by atoms with Crippen LogP contribution in [0, 0.1) is 5.82 Å². The van der Waals surface area contributed by atoms with Crippen LogP contribution in [0.3, 0.4) is 0 Å². The fraction of sp³-hybridized carbons (Fsp3) is 0.500. The van der Waals surface area contributed by atoms with E-state index in [1.807, 2.05) is 20.8 Å². The van der Waals surface area contributed by atoms with E-state index in [4.69, 9.17) is 5.73 Å². The second kappa shape index (κ2) is 8.12. The van der Waals surface area contributed by atoms with E-state index in [0.717, 1.165) is 5.56 Å². The topological polar surface area (TPSA) is 46.3 Å². The minimum Gasteiger partial charge on any atom is -0.336 e. The van der Waals surface area contributed by atoms with Gasteiger partial charge in [0.1, 0.15) is 5.82 Å². The molecule has 0 spiro atoms.